The second kappa shape index (κ2) is 55.0. The van der Waals surface area contributed by atoms with Crippen molar-refractivity contribution in [2.45, 2.75) is 296 Å². The van der Waals surface area contributed by atoms with Gasteiger partial charge in [0.05, 0.1) is 48.5 Å². The van der Waals surface area contributed by atoms with Crippen LogP contribution in [-0.4, -0.2) is 183 Å². The van der Waals surface area contributed by atoms with Crippen LogP contribution in [0, 0.1) is 33.7 Å². The predicted octanol–water partition coefficient (Wildman–Crippen LogP) is 22.4. The van der Waals surface area contributed by atoms with Crippen LogP contribution < -0.4 is 0 Å². The first-order chi connectivity index (χ1) is 58.0. The smallest absolute Gasteiger partial charge is 0.417 e. The summed E-state index contributed by atoms with van der Waals surface area (Å²) in [5, 5.41) is 16.7. The Balaban J connectivity index is 0.000000546. The molecule has 125 heavy (non-hydrogen) atoms. The predicted molar refractivity (Wildman–Crippen MR) is 494 cm³/mol. The molecule has 0 unspecified atom stereocenters. The van der Waals surface area contributed by atoms with E-state index in [2.05, 4.69) is 79.9 Å². The van der Waals surface area contributed by atoms with Gasteiger partial charge in [0.25, 0.3) is 0 Å². The summed E-state index contributed by atoms with van der Waals surface area (Å²) in [7, 11) is 0. The molecule has 28 nitrogen and oxygen atoms in total. The topological polar surface area (TPSA) is 341 Å². The molecule has 0 aliphatic carbocycles. The number of azo groups is 2. The summed E-state index contributed by atoms with van der Waals surface area (Å²) >= 11 is -0.182. The molecule has 0 aromatic heterocycles. The fourth-order valence-corrected chi connectivity index (χ4v) is 28.0. The SMILES string of the molecule is C.C.C#CC[C@@H]1C[C@H](C(=O)OCC)N(C(=O)OC(C)(C)C)C1=O.CCC[CH2][Sn](/[CH]=C/C[C@@H]1C[C@@H](C(=O)OCC)N(C(=O)OC(C)(C)C)C1=O)([CH2]CCC)[CH2]CCC.CCOC(=O)[C@@H]1C[C@@H](C/C=C/c2ccc(N=Nc3ccccc3)cc2)C(=O)N1C(=O)OC(C)(C)C.CCOC(=O)[C@H]1CCC(=O)N1C(=O)OC(C)(C)C.Ic1ccc(N=Nc2ccccc2)cc1. The molecule has 4 fully saturated rings. The van der Waals surface area contributed by atoms with E-state index in [9.17, 15) is 57.5 Å². The Morgan fingerprint density at radius 1 is 0.432 bits per heavy atom. The molecule has 0 spiro atoms. The molecule has 7 atom stereocenters. The third kappa shape index (κ3) is 39.0. The molecule has 4 saturated heterocycles. The molecule has 30 heteroatoms. The fraction of sp³-hybridized carbons (Fsp3) is 0.558. The third-order valence-electron chi connectivity index (χ3n) is 18.9. The zero-order valence-corrected chi connectivity index (χ0v) is 80.3. The number of carbonyl (C=O) groups is 12. The number of unbranched alkanes of at least 4 members (excludes halogenated alkanes) is 3. The second-order valence-electron chi connectivity index (χ2n) is 33.7. The zero-order valence-electron chi connectivity index (χ0n) is 75.3. The number of imide groups is 4. The molecular weight excluding hydrogens is 1820 g/mol. The molecule has 0 N–H and O–H groups in total. The largest absolute Gasteiger partial charge is 0.464 e. The second-order valence-corrected chi connectivity index (χ2v) is 48.0. The van der Waals surface area contributed by atoms with Crippen molar-refractivity contribution < 1.29 is 95.4 Å². The van der Waals surface area contributed by atoms with Crippen molar-refractivity contribution in [2.24, 2.45) is 38.2 Å². The first-order valence-corrected chi connectivity index (χ1v) is 51.3. The van der Waals surface area contributed by atoms with E-state index in [1.807, 2.05) is 121 Å². The average Bonchev–Trinajstić information content (AvgIpc) is 1.67. The van der Waals surface area contributed by atoms with Gasteiger partial charge < -0.3 is 28.4 Å². The van der Waals surface area contributed by atoms with Crippen LogP contribution in [-0.2, 0) is 76.3 Å². The minimum Gasteiger partial charge on any atom is -0.464 e. The van der Waals surface area contributed by atoms with Crippen LogP contribution in [0.2, 0.25) is 13.3 Å². The fourth-order valence-electron chi connectivity index (χ4n) is 13.2. The van der Waals surface area contributed by atoms with Gasteiger partial charge in [0.2, 0.25) is 17.7 Å². The van der Waals surface area contributed by atoms with E-state index in [0.29, 0.717) is 19.3 Å². The Hall–Kier alpha value is -9.71. The zero-order chi connectivity index (χ0) is 91.8. The molecule has 688 valence electrons. The maximum absolute atomic E-state index is 13.2. The van der Waals surface area contributed by atoms with Crippen molar-refractivity contribution in [2.75, 3.05) is 26.4 Å². The van der Waals surface area contributed by atoms with E-state index in [0.717, 1.165) is 47.9 Å². The first-order valence-electron chi connectivity index (χ1n) is 42.5. The van der Waals surface area contributed by atoms with Gasteiger partial charge in [-0.2, -0.15) is 20.5 Å². The Kier molecular flexibility index (Phi) is 49.0. The number of terminal acetylenes is 1. The first kappa shape index (κ1) is 111. The molecular formula is C95H137IN8O20Sn. The van der Waals surface area contributed by atoms with Gasteiger partial charge in [-0.15, -0.1) is 12.3 Å². The number of likely N-dealkylation sites (tertiary alicyclic amines) is 4. The number of allylic oxidation sites excluding steroid dienone is 2. The van der Waals surface area contributed by atoms with Gasteiger partial charge in [-0.25, -0.2) is 43.5 Å². The summed E-state index contributed by atoms with van der Waals surface area (Å²) in [6.45, 7) is 34.8. The summed E-state index contributed by atoms with van der Waals surface area (Å²) in [5.74, 6) is -3.04. The monoisotopic (exact) mass is 1960 g/mol. The molecule has 0 saturated carbocycles. The number of ether oxygens (including phenoxy) is 8. The van der Waals surface area contributed by atoms with Crippen molar-refractivity contribution in [1.29, 1.82) is 0 Å². The van der Waals surface area contributed by atoms with Crippen LogP contribution in [0.25, 0.3) is 6.08 Å². The molecule has 8 rings (SSSR count). The van der Waals surface area contributed by atoms with Gasteiger partial charge >= 0.3 is 249 Å². The molecule has 0 radical (unpaired) electrons. The standard InChI is InChI=1S/C27H31N3O5.C15H22NO5.C15H21NO5.C12H9IN2.C12H19NO5.3C4H9.2CH4.Sn/c1-5-34-25(32)23-18-20(24(31)30(23)26(33)35-27(2,3)4)11-9-10-19-14-16-22(17-15-19)29-28-21-12-7-6-8-13-21;2*1-6-8-10-9-11(13(18)20-7-2)16(12(10)17)14(19)21-15(3,4)5;13-10-6-8-12(9-7-10)15-14-11-4-2-1-3-5-11;1-5-17-10(15)8-6-7-9(14)13(8)11(16)18-12(2,3)4;3*1-3-4-2;;;/h6-10,12-17,20,23H,5,11,18H2,1-4H3;1,6,10-11H,7-9H2,2-5H3;1,10-11H,7-9H2,2-5H3;1-9H;8H,5-7H2,1-4H3;3*1,3-4H2,2H3;2*1H4;/b10-9+,29-28?;;;;;;;;;;/t20-,23+;10-,11+;10-,11-;;8-;;;;;;/m111.1....../s1. The molecule has 4 aliphatic heterocycles. The summed E-state index contributed by atoms with van der Waals surface area (Å²) < 4.78 is 49.0. The van der Waals surface area contributed by atoms with E-state index >= 15 is 0 Å². The Bertz CT molecular complexity index is 4260. The van der Waals surface area contributed by atoms with Crippen LogP contribution in [0.5, 0.6) is 0 Å². The van der Waals surface area contributed by atoms with Gasteiger partial charge in [-0.3, -0.25) is 14.4 Å². The third-order valence-corrected chi connectivity index (χ3v) is 33.9. The van der Waals surface area contributed by atoms with Crippen molar-refractivity contribution in [1.82, 2.24) is 19.6 Å². The minimum atomic E-state index is -2.45. The van der Waals surface area contributed by atoms with Gasteiger partial charge in [0.15, 0.2) is 0 Å². The number of esters is 4. The maximum atomic E-state index is 13.2. The Morgan fingerprint density at radius 3 is 1.06 bits per heavy atom. The minimum absolute atomic E-state index is 0. The van der Waals surface area contributed by atoms with Crippen LogP contribution in [0.3, 0.4) is 0 Å². The van der Waals surface area contributed by atoms with Crippen LogP contribution in [0.15, 0.2) is 146 Å². The van der Waals surface area contributed by atoms with Crippen LogP contribution in [0.1, 0.15) is 242 Å². The molecule has 8 amide bonds. The number of amides is 8. The number of nitrogens with zero attached hydrogens (tertiary/aromatic N) is 8. The molecule has 0 bridgehead atoms. The van der Waals surface area contributed by atoms with E-state index in [-0.39, 0.29) is 79.3 Å². The number of hydrogen-bond donors (Lipinski definition) is 0. The van der Waals surface area contributed by atoms with E-state index in [4.69, 9.17) is 44.3 Å². The molecule has 4 heterocycles. The Morgan fingerprint density at radius 2 is 0.736 bits per heavy atom. The van der Waals surface area contributed by atoms with Crippen molar-refractivity contribution in [3.05, 3.63) is 135 Å². The summed E-state index contributed by atoms with van der Waals surface area (Å²) in [6.07, 6.45) is 17.7. The van der Waals surface area contributed by atoms with Gasteiger partial charge in [-0.05, 0) is 198 Å². The van der Waals surface area contributed by atoms with Crippen LogP contribution >= 0.6 is 22.6 Å². The van der Waals surface area contributed by atoms with Gasteiger partial charge in [-0.1, -0.05) is 75.5 Å². The molecule has 4 aliphatic rings. The number of hydrogen-bond acceptors (Lipinski definition) is 24. The normalized spacial score (nSPS) is 18.2. The average molecular weight is 1960 g/mol. The molecule has 4 aromatic carbocycles. The number of halogens is 1. The van der Waals surface area contributed by atoms with E-state index in [1.165, 1.54) is 55.4 Å². The van der Waals surface area contributed by atoms with Crippen molar-refractivity contribution in [3.8, 4) is 12.3 Å². The number of rotatable bonds is 28. The van der Waals surface area contributed by atoms with Gasteiger partial charge in [0, 0.05) is 22.3 Å². The van der Waals surface area contributed by atoms with Crippen molar-refractivity contribution >= 4 is 142 Å². The Labute approximate surface area is 759 Å². The van der Waals surface area contributed by atoms with Crippen LogP contribution in [0.4, 0.5) is 41.9 Å². The summed E-state index contributed by atoms with van der Waals surface area (Å²) in [6, 6.07) is 30.9. The quantitative estimate of drug-likeness (QED) is 0.0127. The van der Waals surface area contributed by atoms with Gasteiger partial charge in [0.1, 0.15) is 34.9 Å². The maximum Gasteiger partial charge on any atom is 0.417 e. The van der Waals surface area contributed by atoms with Crippen molar-refractivity contribution in [3.63, 3.8) is 0 Å². The summed E-state index contributed by atoms with van der Waals surface area (Å²) in [4.78, 5) is 152. The van der Waals surface area contributed by atoms with E-state index in [1.54, 1.807) is 111 Å². The van der Waals surface area contributed by atoms with E-state index < -0.39 is 149 Å². The number of carbonyl (C=O) groups excluding carboxylic acids is 12. The summed E-state index contributed by atoms with van der Waals surface area (Å²) in [5.41, 5.74) is 1.17. The molecule has 4 aromatic rings. The number of benzene rings is 4.